The number of nitrogens with zero attached hydrogens (tertiary/aromatic N) is 3. The summed E-state index contributed by atoms with van der Waals surface area (Å²) in [5.74, 6) is 1.03. The fourth-order valence-corrected chi connectivity index (χ4v) is 3.56. The van der Waals surface area contributed by atoms with Gasteiger partial charge in [0.2, 0.25) is 0 Å². The highest BCUT2D eigenvalue weighted by molar-refractivity contribution is 5.99. The van der Waals surface area contributed by atoms with Gasteiger partial charge in [0.1, 0.15) is 11.5 Å². The number of aromatic nitrogens is 5. The quantitative estimate of drug-likeness (QED) is 0.279. The molecule has 33 heavy (non-hydrogen) atoms. The Hall–Kier alpha value is -4.72. The van der Waals surface area contributed by atoms with Gasteiger partial charge in [0.25, 0.3) is 5.91 Å². The van der Waals surface area contributed by atoms with E-state index >= 15 is 0 Å². The second-order valence-corrected chi connectivity index (χ2v) is 7.45. The summed E-state index contributed by atoms with van der Waals surface area (Å²) in [4.78, 5) is 24.8. The lowest BCUT2D eigenvalue weighted by Crippen LogP contribution is -2.21. The summed E-state index contributed by atoms with van der Waals surface area (Å²) >= 11 is 0. The van der Waals surface area contributed by atoms with Crippen LogP contribution < -0.4 is 10.6 Å². The average molecular weight is 435 g/mol. The van der Waals surface area contributed by atoms with Crippen LogP contribution in [0, 0.1) is 0 Å². The van der Waals surface area contributed by atoms with Crippen LogP contribution >= 0.6 is 0 Å². The van der Waals surface area contributed by atoms with Gasteiger partial charge in [-0.15, -0.1) is 0 Å². The van der Waals surface area contributed by atoms with Crippen molar-refractivity contribution in [2.75, 3.05) is 5.32 Å². The molecule has 0 saturated carbocycles. The van der Waals surface area contributed by atoms with E-state index < -0.39 is 0 Å². The second-order valence-electron chi connectivity index (χ2n) is 7.45. The SMILES string of the molecule is C=C/C(=C\C)NC(=O)c1cc2ccc(-c3nccc(Nc4ccc5[nH]ncc5c4)n3)cc2[nH]1. The third-order valence-corrected chi connectivity index (χ3v) is 5.28. The maximum atomic E-state index is 12.5. The van der Waals surface area contributed by atoms with Crippen LogP contribution in [0.3, 0.4) is 0 Å². The van der Waals surface area contributed by atoms with Crippen molar-refractivity contribution in [3.63, 3.8) is 0 Å². The molecule has 8 nitrogen and oxygen atoms in total. The van der Waals surface area contributed by atoms with Gasteiger partial charge < -0.3 is 15.6 Å². The van der Waals surface area contributed by atoms with Gasteiger partial charge in [-0.1, -0.05) is 24.8 Å². The lowest BCUT2D eigenvalue weighted by molar-refractivity contribution is 0.0963. The molecule has 162 valence electrons. The minimum atomic E-state index is -0.224. The third kappa shape index (κ3) is 4.09. The van der Waals surface area contributed by atoms with Crippen molar-refractivity contribution < 1.29 is 4.79 Å². The first-order valence-corrected chi connectivity index (χ1v) is 10.4. The molecular formula is C25H21N7O. The van der Waals surface area contributed by atoms with E-state index in [1.807, 2.05) is 55.5 Å². The number of carbonyl (C=O) groups is 1. The average Bonchev–Trinajstić information content (AvgIpc) is 3.48. The van der Waals surface area contributed by atoms with E-state index in [-0.39, 0.29) is 5.91 Å². The van der Waals surface area contributed by atoms with Crippen LogP contribution in [0.2, 0.25) is 0 Å². The highest BCUT2D eigenvalue weighted by atomic mass is 16.1. The molecule has 8 heteroatoms. The van der Waals surface area contributed by atoms with Crippen molar-refractivity contribution in [2.45, 2.75) is 6.92 Å². The fourth-order valence-electron chi connectivity index (χ4n) is 3.56. The summed E-state index contributed by atoms with van der Waals surface area (Å²) in [6, 6.07) is 15.4. The number of aromatic amines is 2. The summed E-state index contributed by atoms with van der Waals surface area (Å²) in [6.07, 6.45) is 6.89. The zero-order valence-electron chi connectivity index (χ0n) is 17.9. The molecule has 3 aromatic heterocycles. The van der Waals surface area contributed by atoms with Crippen molar-refractivity contribution in [1.29, 1.82) is 0 Å². The Morgan fingerprint density at radius 2 is 1.97 bits per heavy atom. The molecule has 0 aliphatic heterocycles. The third-order valence-electron chi connectivity index (χ3n) is 5.28. The number of fused-ring (bicyclic) bond motifs is 2. The second kappa shape index (κ2) is 8.43. The van der Waals surface area contributed by atoms with Crippen molar-refractivity contribution in [1.82, 2.24) is 30.5 Å². The number of benzene rings is 2. The maximum absolute atomic E-state index is 12.5. The van der Waals surface area contributed by atoms with Crippen LogP contribution in [0.25, 0.3) is 33.2 Å². The van der Waals surface area contributed by atoms with Gasteiger partial charge in [0, 0.05) is 39.4 Å². The number of nitrogens with one attached hydrogen (secondary N) is 4. The summed E-state index contributed by atoms with van der Waals surface area (Å²) < 4.78 is 0. The summed E-state index contributed by atoms with van der Waals surface area (Å²) in [5, 5.41) is 15.1. The smallest absolute Gasteiger partial charge is 0.272 e. The number of H-pyrrole nitrogens is 2. The zero-order chi connectivity index (χ0) is 22.8. The zero-order valence-corrected chi connectivity index (χ0v) is 17.9. The molecule has 0 saturated heterocycles. The molecule has 0 spiro atoms. The Kier molecular flexibility index (Phi) is 5.16. The Morgan fingerprint density at radius 1 is 1.06 bits per heavy atom. The molecule has 5 rings (SSSR count). The molecule has 0 bridgehead atoms. The Morgan fingerprint density at radius 3 is 2.82 bits per heavy atom. The molecule has 0 aliphatic carbocycles. The topological polar surface area (TPSA) is 111 Å². The van der Waals surface area contributed by atoms with Crippen LogP contribution in [0.1, 0.15) is 17.4 Å². The van der Waals surface area contributed by atoms with E-state index in [1.54, 1.807) is 24.5 Å². The van der Waals surface area contributed by atoms with Gasteiger partial charge in [0.05, 0.1) is 11.7 Å². The molecular weight excluding hydrogens is 414 g/mol. The van der Waals surface area contributed by atoms with Gasteiger partial charge in [0.15, 0.2) is 5.82 Å². The molecule has 0 aliphatic rings. The van der Waals surface area contributed by atoms with Crippen molar-refractivity contribution in [3.8, 4) is 11.4 Å². The van der Waals surface area contributed by atoms with Crippen molar-refractivity contribution in [2.24, 2.45) is 0 Å². The standard InChI is InChI=1S/C25H21N7O/c1-3-18(4-2)29-25(33)22-12-15-5-6-16(13-21(15)30-22)24-26-10-9-23(31-24)28-19-7-8-20-17(11-19)14-27-32-20/h3-14,30H,1H2,2H3,(H,27,32)(H,29,33)(H,26,28,31)/b18-4+. The van der Waals surface area contributed by atoms with Gasteiger partial charge in [-0.05, 0) is 49.4 Å². The normalized spacial score (nSPS) is 11.6. The summed E-state index contributed by atoms with van der Waals surface area (Å²) in [6.45, 7) is 5.54. The molecule has 1 amide bonds. The first-order chi connectivity index (χ1) is 16.1. The van der Waals surface area contributed by atoms with Crippen LogP contribution in [0.15, 0.2) is 85.4 Å². The van der Waals surface area contributed by atoms with Gasteiger partial charge in [-0.25, -0.2) is 9.97 Å². The minimum absolute atomic E-state index is 0.224. The number of anilines is 2. The van der Waals surface area contributed by atoms with E-state index in [2.05, 4.69) is 42.4 Å². The van der Waals surface area contributed by atoms with Gasteiger partial charge in [-0.3, -0.25) is 9.89 Å². The molecule has 0 fully saturated rings. The number of hydrogen-bond donors (Lipinski definition) is 4. The van der Waals surface area contributed by atoms with E-state index in [0.717, 1.165) is 33.1 Å². The van der Waals surface area contributed by atoms with Crippen molar-refractivity contribution in [3.05, 3.63) is 91.0 Å². The highest BCUT2D eigenvalue weighted by Crippen LogP contribution is 2.25. The van der Waals surface area contributed by atoms with Gasteiger partial charge in [-0.2, -0.15) is 5.10 Å². The molecule has 0 atom stereocenters. The number of carbonyl (C=O) groups excluding carboxylic acids is 1. The fraction of sp³-hybridized carbons (Fsp3) is 0.0400. The monoisotopic (exact) mass is 435 g/mol. The minimum Gasteiger partial charge on any atom is -0.350 e. The molecule has 5 aromatic rings. The summed E-state index contributed by atoms with van der Waals surface area (Å²) in [5.41, 5.74) is 4.67. The maximum Gasteiger partial charge on any atom is 0.272 e. The lowest BCUT2D eigenvalue weighted by atomic mass is 10.1. The summed E-state index contributed by atoms with van der Waals surface area (Å²) in [7, 11) is 0. The predicted molar refractivity (Wildman–Crippen MR) is 130 cm³/mol. The number of hydrogen-bond acceptors (Lipinski definition) is 5. The van der Waals surface area contributed by atoms with E-state index in [9.17, 15) is 4.79 Å². The van der Waals surface area contributed by atoms with Crippen LogP contribution in [0.4, 0.5) is 11.5 Å². The highest BCUT2D eigenvalue weighted by Gasteiger charge is 2.12. The van der Waals surface area contributed by atoms with Crippen molar-refractivity contribution >= 4 is 39.2 Å². The largest absolute Gasteiger partial charge is 0.350 e. The number of allylic oxidation sites excluding steroid dienone is 2. The van der Waals surface area contributed by atoms with E-state index in [4.69, 9.17) is 0 Å². The van der Waals surface area contributed by atoms with Crippen LogP contribution in [-0.4, -0.2) is 31.1 Å². The number of rotatable bonds is 6. The van der Waals surface area contributed by atoms with Crippen LogP contribution in [0.5, 0.6) is 0 Å². The number of amides is 1. The first kappa shape index (κ1) is 20.2. The Balaban J connectivity index is 1.40. The Bertz CT molecular complexity index is 1530. The van der Waals surface area contributed by atoms with Gasteiger partial charge >= 0.3 is 0 Å². The Labute approximate surface area is 189 Å². The first-order valence-electron chi connectivity index (χ1n) is 10.4. The van der Waals surface area contributed by atoms with E-state index in [0.29, 0.717) is 23.0 Å². The molecule has 4 N–H and O–H groups in total. The molecule has 2 aromatic carbocycles. The molecule has 0 unspecified atom stereocenters. The molecule has 3 heterocycles. The van der Waals surface area contributed by atoms with Crippen LogP contribution in [-0.2, 0) is 0 Å². The predicted octanol–water partition coefficient (Wildman–Crippen LogP) is 5.06. The van der Waals surface area contributed by atoms with E-state index in [1.165, 1.54) is 0 Å². The lowest BCUT2D eigenvalue weighted by Gasteiger charge is -2.07. The molecule has 0 radical (unpaired) electrons.